The van der Waals surface area contributed by atoms with Crippen molar-refractivity contribution in [2.45, 2.75) is 108 Å². The van der Waals surface area contributed by atoms with Crippen LogP contribution in [0.1, 0.15) is 116 Å². The highest BCUT2D eigenvalue weighted by molar-refractivity contribution is 6.06. The lowest BCUT2D eigenvalue weighted by molar-refractivity contribution is -0.137. The standard InChI is InChI=1S/C47H54F3N9O5/c1-28-31-9-7-11-36(41(31)48)47(49,50)22-29-24-56(25-29)17-5-3-2-4-6-18-58-43-34(42(54-28)52-27-53-43)21-33(46(58)64)30-15-19-57(20-16-30)40(61)23-51-37-12-8-10-32-35(37)26-59(45(32)63)38-13-14-39(60)55-44(38)62/h7-12,21,27-30,38,51H,2-6,13-20,22-26H2,1H3,(H,52,53,54)(H,55,60,62)/t28-,38?/m1/s1. The number of imide groups is 1. The molecule has 2 aromatic carbocycles. The lowest BCUT2D eigenvalue weighted by atomic mass is 9.88. The molecule has 8 heterocycles. The van der Waals surface area contributed by atoms with Gasteiger partial charge in [-0.3, -0.25) is 33.9 Å². The van der Waals surface area contributed by atoms with E-state index in [0.29, 0.717) is 84.8 Å². The number of pyridine rings is 1. The number of rotatable bonds is 5. The van der Waals surface area contributed by atoms with Crippen LogP contribution in [0.5, 0.6) is 0 Å². The van der Waals surface area contributed by atoms with E-state index in [1.807, 2.05) is 0 Å². The maximum Gasteiger partial charge on any atom is 0.276 e. The van der Waals surface area contributed by atoms with E-state index in [9.17, 15) is 24.0 Å². The molecule has 17 heteroatoms. The summed E-state index contributed by atoms with van der Waals surface area (Å²) in [5.74, 6) is -5.57. The fourth-order valence-electron chi connectivity index (χ4n) is 10.3. The van der Waals surface area contributed by atoms with Gasteiger partial charge in [-0.05, 0) is 75.6 Å². The highest BCUT2D eigenvalue weighted by Crippen LogP contribution is 2.41. The van der Waals surface area contributed by atoms with E-state index < -0.39 is 41.7 Å². The summed E-state index contributed by atoms with van der Waals surface area (Å²) >= 11 is 0. The van der Waals surface area contributed by atoms with E-state index >= 15 is 13.2 Å². The summed E-state index contributed by atoms with van der Waals surface area (Å²) < 4.78 is 49.2. The highest BCUT2D eigenvalue weighted by Gasteiger charge is 2.42. The van der Waals surface area contributed by atoms with E-state index in [4.69, 9.17) is 0 Å². The molecule has 338 valence electrons. The number of halogens is 3. The second-order valence-electron chi connectivity index (χ2n) is 18.1. The van der Waals surface area contributed by atoms with Crippen molar-refractivity contribution < 1.29 is 32.3 Å². The largest absolute Gasteiger partial charge is 0.376 e. The number of likely N-dealkylation sites (tertiary alicyclic amines) is 1. The Balaban J connectivity index is 0.918. The number of aromatic nitrogens is 3. The molecule has 6 aliphatic heterocycles. The van der Waals surface area contributed by atoms with E-state index in [1.165, 1.54) is 29.4 Å². The lowest BCUT2D eigenvalue weighted by Crippen LogP contribution is -2.52. The zero-order chi connectivity index (χ0) is 44.7. The molecule has 3 saturated heterocycles. The maximum absolute atomic E-state index is 16.1. The first kappa shape index (κ1) is 43.4. The van der Waals surface area contributed by atoms with Crippen LogP contribution in [0.4, 0.5) is 24.7 Å². The number of piperidine rings is 2. The zero-order valence-corrected chi connectivity index (χ0v) is 36.0. The van der Waals surface area contributed by atoms with Crippen LogP contribution < -0.4 is 21.5 Å². The van der Waals surface area contributed by atoms with Crippen molar-refractivity contribution in [3.63, 3.8) is 0 Å². The number of aryl methyl sites for hydroxylation is 1. The minimum absolute atomic E-state index is 0.0268. The highest BCUT2D eigenvalue weighted by atomic mass is 19.3. The first-order valence-corrected chi connectivity index (χ1v) is 22.7. The van der Waals surface area contributed by atoms with Gasteiger partial charge < -0.3 is 25.3 Å². The summed E-state index contributed by atoms with van der Waals surface area (Å²) in [6.45, 7) is 5.11. The molecule has 0 aliphatic carbocycles. The van der Waals surface area contributed by atoms with Crippen LogP contribution in [0.2, 0.25) is 0 Å². The molecule has 0 saturated carbocycles. The lowest BCUT2D eigenvalue weighted by Gasteiger charge is -2.41. The molecule has 1 unspecified atom stereocenters. The topological polar surface area (TPSA) is 162 Å². The monoisotopic (exact) mass is 881 g/mol. The van der Waals surface area contributed by atoms with Gasteiger partial charge in [0.25, 0.3) is 17.4 Å². The second kappa shape index (κ2) is 18.0. The molecule has 0 spiro atoms. The van der Waals surface area contributed by atoms with E-state index in [2.05, 4.69) is 30.8 Å². The molecule has 2 aromatic heterocycles. The van der Waals surface area contributed by atoms with Crippen LogP contribution >= 0.6 is 0 Å². The quantitative estimate of drug-likeness (QED) is 0.201. The molecule has 4 aromatic rings. The van der Waals surface area contributed by atoms with Crippen molar-refractivity contribution in [3.05, 3.63) is 92.8 Å². The van der Waals surface area contributed by atoms with E-state index in [1.54, 1.807) is 40.7 Å². The third-order valence-electron chi connectivity index (χ3n) is 13.9. The van der Waals surface area contributed by atoms with Gasteiger partial charge in [-0.15, -0.1) is 0 Å². The molecule has 3 fully saturated rings. The third kappa shape index (κ3) is 8.58. The smallest absolute Gasteiger partial charge is 0.276 e. The number of amides is 4. The van der Waals surface area contributed by atoms with Crippen molar-refractivity contribution in [2.24, 2.45) is 5.92 Å². The summed E-state index contributed by atoms with van der Waals surface area (Å²) in [6, 6.07) is 9.68. The number of alkyl halides is 2. The molecule has 0 radical (unpaired) electrons. The van der Waals surface area contributed by atoms with Crippen molar-refractivity contribution in [1.82, 2.24) is 34.6 Å². The minimum Gasteiger partial charge on any atom is -0.376 e. The molecule has 4 amide bonds. The van der Waals surface area contributed by atoms with E-state index in [0.717, 1.165) is 38.6 Å². The average Bonchev–Trinajstić information content (AvgIpc) is 3.60. The Bertz CT molecular complexity index is 2540. The Morgan fingerprint density at radius 2 is 1.66 bits per heavy atom. The maximum atomic E-state index is 16.1. The van der Waals surface area contributed by atoms with Gasteiger partial charge in [0.05, 0.1) is 23.5 Å². The van der Waals surface area contributed by atoms with Crippen LogP contribution in [0.25, 0.3) is 11.0 Å². The number of hydrogen-bond donors (Lipinski definition) is 3. The number of nitrogens with one attached hydrogen (secondary N) is 3. The molecule has 6 aliphatic rings. The predicted molar refractivity (Wildman–Crippen MR) is 233 cm³/mol. The number of carbonyl (C=O) groups excluding carboxylic acids is 4. The van der Waals surface area contributed by atoms with Crippen LogP contribution in [-0.2, 0) is 33.4 Å². The predicted octanol–water partition coefficient (Wildman–Crippen LogP) is 6.06. The summed E-state index contributed by atoms with van der Waals surface area (Å²) in [5.41, 5.74) is 2.10. The van der Waals surface area contributed by atoms with Crippen LogP contribution in [0, 0.1) is 11.7 Å². The SMILES string of the molecule is C[C@H]1Nc2ncnc3c2cc(C2CCN(C(=O)CNc4cccc5c4CN(C4CCC(=O)NC4=O)C5=O)CC2)c(=O)n3CCCCCCCN2CC(C2)CC(F)(F)c2cccc1c2F. The van der Waals surface area contributed by atoms with Gasteiger partial charge in [0.15, 0.2) is 0 Å². The van der Waals surface area contributed by atoms with Crippen LogP contribution in [0.15, 0.2) is 53.6 Å². The van der Waals surface area contributed by atoms with Gasteiger partial charge in [-0.2, -0.15) is 0 Å². The van der Waals surface area contributed by atoms with Gasteiger partial charge >= 0.3 is 0 Å². The fraction of sp³-hybridized carbons (Fsp3) is 0.511. The van der Waals surface area contributed by atoms with Crippen molar-refractivity contribution in [2.75, 3.05) is 49.9 Å². The van der Waals surface area contributed by atoms with Crippen molar-refractivity contribution >= 4 is 46.2 Å². The Kier molecular flexibility index (Phi) is 12.2. The average molecular weight is 882 g/mol. The normalized spacial score (nSPS) is 24.3. The fourth-order valence-corrected chi connectivity index (χ4v) is 10.3. The van der Waals surface area contributed by atoms with Gasteiger partial charge in [0, 0.05) is 80.1 Å². The van der Waals surface area contributed by atoms with Crippen LogP contribution in [-0.4, -0.2) is 98.2 Å². The molecular formula is C47H54F3N9O5. The van der Waals surface area contributed by atoms with Gasteiger partial charge in [-0.25, -0.2) is 23.1 Å². The van der Waals surface area contributed by atoms with Gasteiger partial charge in [0.1, 0.15) is 29.7 Å². The first-order valence-electron chi connectivity index (χ1n) is 22.7. The van der Waals surface area contributed by atoms with Crippen molar-refractivity contribution in [3.8, 4) is 0 Å². The van der Waals surface area contributed by atoms with Crippen LogP contribution in [0.3, 0.4) is 0 Å². The summed E-state index contributed by atoms with van der Waals surface area (Å²) in [5, 5.41) is 9.38. The molecule has 64 heavy (non-hydrogen) atoms. The number of anilines is 2. The number of carbonyl (C=O) groups is 4. The Morgan fingerprint density at radius 3 is 2.44 bits per heavy atom. The Labute approximate surface area is 369 Å². The molecule has 10 rings (SSSR count). The molecule has 14 nitrogen and oxygen atoms in total. The summed E-state index contributed by atoms with van der Waals surface area (Å²) in [4.78, 5) is 80.2. The molecule has 8 bridgehead atoms. The number of benzene rings is 2. The van der Waals surface area contributed by atoms with Gasteiger partial charge in [0.2, 0.25) is 17.7 Å². The van der Waals surface area contributed by atoms with E-state index in [-0.39, 0.29) is 66.6 Å². The Morgan fingerprint density at radius 1 is 0.906 bits per heavy atom. The number of hydrogen-bond acceptors (Lipinski definition) is 10. The summed E-state index contributed by atoms with van der Waals surface area (Å²) in [7, 11) is 0. The molecular weight excluding hydrogens is 828 g/mol. The molecule has 2 atom stereocenters. The second-order valence-corrected chi connectivity index (χ2v) is 18.1. The van der Waals surface area contributed by atoms with Gasteiger partial charge in [-0.1, -0.05) is 43.5 Å². The number of fused-ring (bicyclic) bond motifs is 9. The zero-order valence-electron chi connectivity index (χ0n) is 36.0. The third-order valence-corrected chi connectivity index (χ3v) is 13.9. The summed E-state index contributed by atoms with van der Waals surface area (Å²) in [6.07, 6.45) is 7.00. The first-order chi connectivity index (χ1) is 30.9. The van der Waals surface area contributed by atoms with Crippen molar-refractivity contribution in [1.29, 1.82) is 0 Å². The Hall–Kier alpha value is -5.84. The molecule has 3 N–H and O–H groups in total. The minimum atomic E-state index is -3.33. The number of nitrogens with zero attached hydrogens (tertiary/aromatic N) is 6.